The molecule has 0 radical (unpaired) electrons. The van der Waals surface area contributed by atoms with E-state index in [2.05, 4.69) is 23.2 Å². The van der Waals surface area contributed by atoms with Crippen molar-refractivity contribution in [3.05, 3.63) is 35.5 Å². The van der Waals surface area contributed by atoms with Crippen LogP contribution < -0.4 is 0 Å². The van der Waals surface area contributed by atoms with Crippen LogP contribution in [0.1, 0.15) is 30.1 Å². The fraction of sp³-hybridized carbons (Fsp3) is 0.500. The summed E-state index contributed by atoms with van der Waals surface area (Å²) in [5.74, 6) is 0.506. The summed E-state index contributed by atoms with van der Waals surface area (Å²) in [6.45, 7) is 0.780. The van der Waals surface area contributed by atoms with E-state index < -0.39 is 0 Å². The summed E-state index contributed by atoms with van der Waals surface area (Å²) in [5.41, 5.74) is 3.66. The van der Waals surface area contributed by atoms with Gasteiger partial charge in [-0.15, -0.1) is 0 Å². The van der Waals surface area contributed by atoms with Gasteiger partial charge in [-0.1, -0.05) is 18.2 Å². The van der Waals surface area contributed by atoms with E-state index in [-0.39, 0.29) is 30.3 Å². The second kappa shape index (κ2) is 4.82. The molecule has 1 unspecified atom stereocenters. The van der Waals surface area contributed by atoms with Crippen LogP contribution in [0.3, 0.4) is 0 Å². The number of para-hydroxylation sites is 1. The van der Waals surface area contributed by atoms with E-state index >= 15 is 0 Å². The zero-order valence-corrected chi connectivity index (χ0v) is 13.1. The summed E-state index contributed by atoms with van der Waals surface area (Å²) in [4.78, 5) is 18.2. The molecule has 2 fully saturated rings. The second-order valence-electron chi connectivity index (χ2n) is 6.81. The van der Waals surface area contributed by atoms with Crippen LogP contribution in [0.15, 0.2) is 24.3 Å². The maximum atomic E-state index is 12.6. The van der Waals surface area contributed by atoms with E-state index in [4.69, 9.17) is 9.47 Å². The van der Waals surface area contributed by atoms with E-state index in [1.165, 1.54) is 10.9 Å². The van der Waals surface area contributed by atoms with Gasteiger partial charge in [0.2, 0.25) is 5.91 Å². The number of carbonyl (C=O) groups is 1. The zero-order chi connectivity index (χ0) is 15.6. The zero-order valence-electron chi connectivity index (χ0n) is 13.1. The van der Waals surface area contributed by atoms with Crippen LogP contribution in [-0.4, -0.2) is 41.8 Å². The second-order valence-corrected chi connectivity index (χ2v) is 6.81. The maximum absolute atomic E-state index is 12.6. The smallest absolute Gasteiger partial charge is 0.223 e. The number of hydrogen-bond acceptors (Lipinski definition) is 3. The molecule has 5 rings (SSSR count). The van der Waals surface area contributed by atoms with Gasteiger partial charge in [0, 0.05) is 49.0 Å². The lowest BCUT2D eigenvalue weighted by atomic mass is 9.82. The molecule has 0 aliphatic carbocycles. The van der Waals surface area contributed by atoms with Crippen molar-refractivity contribution >= 4 is 16.8 Å². The highest BCUT2D eigenvalue weighted by Crippen LogP contribution is 2.47. The van der Waals surface area contributed by atoms with Crippen LogP contribution >= 0.6 is 0 Å². The van der Waals surface area contributed by atoms with E-state index in [0.717, 1.165) is 30.6 Å². The van der Waals surface area contributed by atoms with Crippen LogP contribution in [0.5, 0.6) is 0 Å². The first-order valence-electron chi connectivity index (χ1n) is 8.33. The molecular formula is C18H20N2O3. The first kappa shape index (κ1) is 13.6. The highest BCUT2D eigenvalue weighted by Gasteiger charge is 2.51. The number of rotatable bonds is 1. The molecule has 1 aromatic heterocycles. The number of hydrogen-bond donors (Lipinski definition) is 1. The van der Waals surface area contributed by atoms with Gasteiger partial charge in [0.15, 0.2) is 6.29 Å². The Bertz CT molecular complexity index is 784. The molecule has 4 atom stereocenters. The average molecular weight is 312 g/mol. The Balaban J connectivity index is 1.64. The molecular weight excluding hydrogens is 292 g/mol. The SMILES string of the molecule is COC1C[C@@H]2CC(=O)N3CCc4c([nH]c5ccccc45)[C@@H]3[C@H]2O1. The van der Waals surface area contributed by atoms with Gasteiger partial charge in [-0.3, -0.25) is 4.79 Å². The van der Waals surface area contributed by atoms with Crippen LogP contribution in [0.2, 0.25) is 0 Å². The first-order chi connectivity index (χ1) is 11.3. The number of amides is 1. The Hall–Kier alpha value is -1.85. The molecule has 2 aromatic rings. The Morgan fingerprint density at radius 1 is 1.35 bits per heavy atom. The van der Waals surface area contributed by atoms with Crippen molar-refractivity contribution in [3.63, 3.8) is 0 Å². The fourth-order valence-corrected chi connectivity index (χ4v) is 4.64. The van der Waals surface area contributed by atoms with Gasteiger partial charge in [0.25, 0.3) is 0 Å². The lowest BCUT2D eigenvalue weighted by Gasteiger charge is -2.44. The van der Waals surface area contributed by atoms with Crippen molar-refractivity contribution in [2.45, 2.75) is 37.7 Å². The van der Waals surface area contributed by atoms with Crippen molar-refractivity contribution in [2.75, 3.05) is 13.7 Å². The maximum Gasteiger partial charge on any atom is 0.223 e. The van der Waals surface area contributed by atoms with E-state index in [9.17, 15) is 4.79 Å². The van der Waals surface area contributed by atoms with Crippen molar-refractivity contribution in [2.24, 2.45) is 5.92 Å². The summed E-state index contributed by atoms with van der Waals surface area (Å²) in [7, 11) is 1.68. The first-order valence-corrected chi connectivity index (χ1v) is 8.33. The number of H-pyrrole nitrogens is 1. The molecule has 2 saturated heterocycles. The largest absolute Gasteiger partial charge is 0.356 e. The fourth-order valence-electron chi connectivity index (χ4n) is 4.64. The minimum atomic E-state index is -0.187. The van der Waals surface area contributed by atoms with Crippen molar-refractivity contribution in [3.8, 4) is 0 Å². The van der Waals surface area contributed by atoms with Crippen LogP contribution in [-0.2, 0) is 20.7 Å². The topological polar surface area (TPSA) is 54.6 Å². The molecule has 120 valence electrons. The average Bonchev–Trinajstić information content (AvgIpc) is 3.15. The normalized spacial score (nSPS) is 32.7. The Morgan fingerprint density at radius 2 is 2.22 bits per heavy atom. The van der Waals surface area contributed by atoms with Crippen LogP contribution in [0.25, 0.3) is 10.9 Å². The molecule has 5 heteroatoms. The van der Waals surface area contributed by atoms with Crippen molar-refractivity contribution < 1.29 is 14.3 Å². The summed E-state index contributed by atoms with van der Waals surface area (Å²) in [6, 6.07) is 8.38. The summed E-state index contributed by atoms with van der Waals surface area (Å²) >= 11 is 0. The lowest BCUT2D eigenvalue weighted by Crippen LogP contribution is -2.51. The molecule has 1 amide bonds. The molecule has 23 heavy (non-hydrogen) atoms. The molecule has 1 aromatic carbocycles. The lowest BCUT2D eigenvalue weighted by molar-refractivity contribution is -0.160. The quantitative estimate of drug-likeness (QED) is 0.879. The molecule has 5 nitrogen and oxygen atoms in total. The van der Waals surface area contributed by atoms with Crippen molar-refractivity contribution in [1.29, 1.82) is 0 Å². The van der Waals surface area contributed by atoms with Gasteiger partial charge in [0.1, 0.15) is 0 Å². The molecule has 0 saturated carbocycles. The third-order valence-electron chi connectivity index (χ3n) is 5.68. The number of aromatic nitrogens is 1. The number of piperidine rings is 1. The number of benzene rings is 1. The van der Waals surface area contributed by atoms with Gasteiger partial charge in [-0.2, -0.15) is 0 Å². The van der Waals surface area contributed by atoms with E-state index in [0.29, 0.717) is 6.42 Å². The summed E-state index contributed by atoms with van der Waals surface area (Å²) < 4.78 is 11.6. The molecule has 0 bridgehead atoms. The third-order valence-corrected chi connectivity index (χ3v) is 5.68. The Labute approximate surface area is 134 Å². The molecule has 3 aliphatic rings. The van der Waals surface area contributed by atoms with Gasteiger partial charge >= 0.3 is 0 Å². The molecule has 0 spiro atoms. The third kappa shape index (κ3) is 1.83. The van der Waals surface area contributed by atoms with E-state index in [1.54, 1.807) is 7.11 Å². The number of carbonyl (C=O) groups excluding carboxylic acids is 1. The highest BCUT2D eigenvalue weighted by molar-refractivity contribution is 5.86. The summed E-state index contributed by atoms with van der Waals surface area (Å²) in [5, 5.41) is 1.28. The molecule has 3 aliphatic heterocycles. The van der Waals surface area contributed by atoms with Gasteiger partial charge in [-0.25, -0.2) is 0 Å². The number of ether oxygens (including phenoxy) is 2. The molecule has 1 N–H and O–H groups in total. The van der Waals surface area contributed by atoms with Crippen molar-refractivity contribution in [1.82, 2.24) is 9.88 Å². The molecule has 4 heterocycles. The van der Waals surface area contributed by atoms with Gasteiger partial charge in [0.05, 0.1) is 12.1 Å². The van der Waals surface area contributed by atoms with E-state index in [1.807, 2.05) is 11.0 Å². The minimum absolute atomic E-state index is 0.00227. The number of methoxy groups -OCH3 is 1. The predicted octanol–water partition coefficient (Wildman–Crippen LogP) is 2.38. The monoisotopic (exact) mass is 312 g/mol. The number of fused-ring (bicyclic) bond motifs is 7. The summed E-state index contributed by atoms with van der Waals surface area (Å²) in [6.07, 6.45) is 2.15. The Kier molecular flexibility index (Phi) is 2.85. The number of nitrogens with one attached hydrogen (secondary N) is 1. The van der Waals surface area contributed by atoms with Crippen LogP contribution in [0.4, 0.5) is 0 Å². The van der Waals surface area contributed by atoms with Gasteiger partial charge in [-0.05, 0) is 18.1 Å². The number of aromatic amines is 1. The standard InChI is InChI=1S/C18H20N2O3/c1-22-15-9-10-8-14(21)20-7-6-12-11-4-2-3-5-13(11)19-16(12)17(20)18(10)23-15/h2-5,10,15,17-19H,6-9H2,1H3/t10-,15?,17+,18-/m0/s1. The Morgan fingerprint density at radius 3 is 3.09 bits per heavy atom. The van der Waals surface area contributed by atoms with Gasteiger partial charge < -0.3 is 19.4 Å². The number of nitrogens with zero attached hydrogens (tertiary/aromatic N) is 1. The minimum Gasteiger partial charge on any atom is -0.356 e. The predicted molar refractivity (Wildman–Crippen MR) is 84.9 cm³/mol. The highest BCUT2D eigenvalue weighted by atomic mass is 16.7. The van der Waals surface area contributed by atoms with Crippen LogP contribution in [0, 0.1) is 5.92 Å².